The fourth-order valence-electron chi connectivity index (χ4n) is 1.08. The first-order chi connectivity index (χ1) is 6.24. The maximum Gasteiger partial charge on any atom is 0.529 e. The quantitative estimate of drug-likeness (QED) is 0.595. The van der Waals surface area contributed by atoms with E-state index < -0.39 is 8.80 Å². The van der Waals surface area contributed by atoms with Crippen LogP contribution in [0.3, 0.4) is 0 Å². The Balaban J connectivity index is 4.37. The minimum atomic E-state index is -2.48. The molecule has 0 saturated heterocycles. The van der Waals surface area contributed by atoms with Crippen LogP contribution in [0.25, 0.3) is 0 Å². The molecule has 0 bridgehead atoms. The van der Waals surface area contributed by atoms with Crippen molar-refractivity contribution in [1.29, 1.82) is 0 Å². The molecule has 4 heteroatoms. The topological polar surface area (TPSA) is 27.7 Å². The molecule has 0 rings (SSSR count). The van der Waals surface area contributed by atoms with Gasteiger partial charge in [0.05, 0.1) is 0 Å². The first-order valence-corrected chi connectivity index (χ1v) is 6.60. The molecule has 78 valence electrons. The van der Waals surface area contributed by atoms with Crippen LogP contribution in [0.2, 0.25) is 0 Å². The van der Waals surface area contributed by atoms with Crippen molar-refractivity contribution < 1.29 is 13.3 Å². The molecule has 0 aromatic rings. The minimum absolute atomic E-state index is 0.622. The van der Waals surface area contributed by atoms with Crippen molar-refractivity contribution in [2.24, 2.45) is 0 Å². The van der Waals surface area contributed by atoms with Gasteiger partial charge in [0.25, 0.3) is 0 Å². The second-order valence-corrected chi connectivity index (χ2v) is 4.81. The Morgan fingerprint density at radius 1 is 0.923 bits per heavy atom. The largest absolute Gasteiger partial charge is 0.529 e. The molecule has 0 aromatic carbocycles. The van der Waals surface area contributed by atoms with E-state index in [9.17, 15) is 0 Å². The molecular weight excluding hydrogens is 184 g/mol. The van der Waals surface area contributed by atoms with Gasteiger partial charge < -0.3 is 13.3 Å². The molecule has 0 saturated carbocycles. The average molecular weight is 204 g/mol. The van der Waals surface area contributed by atoms with Crippen molar-refractivity contribution in [3.05, 3.63) is 11.8 Å². The van der Waals surface area contributed by atoms with E-state index in [0.717, 1.165) is 0 Å². The predicted octanol–water partition coefficient (Wildman–Crippen LogP) is 2.15. The van der Waals surface area contributed by atoms with Gasteiger partial charge in [0.2, 0.25) is 0 Å². The normalized spacial score (nSPS) is 12.6. The predicted molar refractivity (Wildman–Crippen MR) is 55.4 cm³/mol. The zero-order valence-electron chi connectivity index (χ0n) is 9.00. The van der Waals surface area contributed by atoms with Crippen LogP contribution in [-0.2, 0) is 13.3 Å². The van der Waals surface area contributed by atoms with Gasteiger partial charge in [-0.05, 0) is 33.4 Å². The lowest BCUT2D eigenvalue weighted by Crippen LogP contribution is -2.44. The van der Waals surface area contributed by atoms with Crippen molar-refractivity contribution in [3.8, 4) is 0 Å². The molecular formula is C9H20O3Si. The third-order valence-electron chi connectivity index (χ3n) is 1.41. The molecule has 0 radical (unpaired) electrons. The van der Waals surface area contributed by atoms with Gasteiger partial charge in [0.1, 0.15) is 0 Å². The summed E-state index contributed by atoms with van der Waals surface area (Å²) < 4.78 is 16.7. The Labute approximate surface area is 82.1 Å². The molecule has 0 fully saturated rings. The van der Waals surface area contributed by atoms with E-state index in [-0.39, 0.29) is 0 Å². The highest BCUT2D eigenvalue weighted by Gasteiger charge is 2.36. The first-order valence-electron chi connectivity index (χ1n) is 4.80. The molecule has 0 N–H and O–H groups in total. The lowest BCUT2D eigenvalue weighted by Gasteiger charge is -2.24. The van der Waals surface area contributed by atoms with Crippen LogP contribution in [-0.4, -0.2) is 28.6 Å². The zero-order valence-corrected chi connectivity index (χ0v) is 10.0. The van der Waals surface area contributed by atoms with Gasteiger partial charge in [-0.1, -0.05) is 6.08 Å². The standard InChI is InChI=1S/C9H20O3Si/c1-5-9-13(10-6-2,11-7-3)12-8-4/h5,9H,6-8H2,1-4H3/b9-5+. The Hall–Kier alpha value is -0.163. The number of hydrogen-bond acceptors (Lipinski definition) is 3. The monoisotopic (exact) mass is 204 g/mol. The van der Waals surface area contributed by atoms with Crippen LogP contribution in [0.1, 0.15) is 27.7 Å². The van der Waals surface area contributed by atoms with Crippen molar-refractivity contribution >= 4 is 8.80 Å². The van der Waals surface area contributed by atoms with Crippen LogP contribution in [0.15, 0.2) is 11.8 Å². The highest BCUT2D eigenvalue weighted by molar-refractivity contribution is 6.66. The fraction of sp³-hybridized carbons (Fsp3) is 0.778. The number of allylic oxidation sites excluding steroid dienone is 1. The van der Waals surface area contributed by atoms with E-state index in [1.54, 1.807) is 0 Å². The van der Waals surface area contributed by atoms with Gasteiger partial charge in [-0.3, -0.25) is 0 Å². The lowest BCUT2D eigenvalue weighted by atomic mass is 10.8. The van der Waals surface area contributed by atoms with Crippen LogP contribution >= 0.6 is 0 Å². The second-order valence-electron chi connectivity index (χ2n) is 2.40. The Kier molecular flexibility index (Phi) is 7.17. The summed E-state index contributed by atoms with van der Waals surface area (Å²) in [5.74, 6) is 0. The molecule has 0 aliphatic carbocycles. The Morgan fingerprint density at radius 3 is 1.54 bits per heavy atom. The summed E-state index contributed by atoms with van der Waals surface area (Å²) in [6.45, 7) is 9.65. The van der Waals surface area contributed by atoms with Crippen molar-refractivity contribution in [1.82, 2.24) is 0 Å². The smallest absolute Gasteiger partial charge is 0.371 e. The van der Waals surface area contributed by atoms with Gasteiger partial charge in [-0.25, -0.2) is 0 Å². The maximum atomic E-state index is 5.56. The van der Waals surface area contributed by atoms with E-state index in [1.165, 1.54) is 0 Å². The van der Waals surface area contributed by atoms with E-state index in [2.05, 4.69) is 0 Å². The molecule has 0 amide bonds. The Morgan fingerprint density at radius 2 is 1.31 bits per heavy atom. The van der Waals surface area contributed by atoms with Gasteiger partial charge in [0.15, 0.2) is 0 Å². The van der Waals surface area contributed by atoms with Gasteiger partial charge in [-0.2, -0.15) is 0 Å². The summed E-state index contributed by atoms with van der Waals surface area (Å²) in [6, 6.07) is 0. The summed E-state index contributed by atoms with van der Waals surface area (Å²) in [7, 11) is -2.48. The third-order valence-corrected chi connectivity index (χ3v) is 4.22. The second kappa shape index (κ2) is 7.26. The maximum absolute atomic E-state index is 5.56. The lowest BCUT2D eigenvalue weighted by molar-refractivity contribution is 0.0842. The summed E-state index contributed by atoms with van der Waals surface area (Å²) in [4.78, 5) is 0. The molecule has 13 heavy (non-hydrogen) atoms. The van der Waals surface area contributed by atoms with E-state index in [1.807, 2.05) is 39.5 Å². The third kappa shape index (κ3) is 4.57. The van der Waals surface area contributed by atoms with Gasteiger partial charge >= 0.3 is 8.80 Å². The summed E-state index contributed by atoms with van der Waals surface area (Å²) in [5, 5.41) is 0. The number of rotatable bonds is 7. The fourth-order valence-corrected chi connectivity index (χ4v) is 3.23. The van der Waals surface area contributed by atoms with Crippen LogP contribution in [0.5, 0.6) is 0 Å². The molecule has 0 aliphatic rings. The Bertz CT molecular complexity index is 131. The highest BCUT2D eigenvalue weighted by atomic mass is 28.4. The van der Waals surface area contributed by atoms with E-state index >= 15 is 0 Å². The summed E-state index contributed by atoms with van der Waals surface area (Å²) in [6.07, 6.45) is 1.92. The van der Waals surface area contributed by atoms with Crippen LogP contribution in [0.4, 0.5) is 0 Å². The molecule has 0 atom stereocenters. The molecule has 0 aromatic heterocycles. The summed E-state index contributed by atoms with van der Waals surface area (Å²) >= 11 is 0. The molecule has 0 unspecified atom stereocenters. The average Bonchev–Trinajstić information content (AvgIpc) is 2.06. The molecule has 0 heterocycles. The van der Waals surface area contributed by atoms with Crippen LogP contribution < -0.4 is 0 Å². The van der Waals surface area contributed by atoms with Crippen molar-refractivity contribution in [2.45, 2.75) is 27.7 Å². The molecule has 0 aliphatic heterocycles. The molecule has 3 nitrogen and oxygen atoms in total. The summed E-state index contributed by atoms with van der Waals surface area (Å²) in [5.41, 5.74) is 1.92. The van der Waals surface area contributed by atoms with E-state index in [4.69, 9.17) is 13.3 Å². The SMILES string of the molecule is C/C=C/[Si](OCC)(OCC)OCC. The zero-order chi connectivity index (χ0) is 10.2. The highest BCUT2D eigenvalue weighted by Crippen LogP contribution is 2.11. The van der Waals surface area contributed by atoms with Crippen LogP contribution in [0, 0.1) is 0 Å². The van der Waals surface area contributed by atoms with Gasteiger partial charge in [-0.15, -0.1) is 0 Å². The number of hydrogen-bond donors (Lipinski definition) is 0. The van der Waals surface area contributed by atoms with E-state index in [0.29, 0.717) is 19.8 Å². The van der Waals surface area contributed by atoms with Crippen molar-refractivity contribution in [2.75, 3.05) is 19.8 Å². The molecule has 0 spiro atoms. The van der Waals surface area contributed by atoms with Gasteiger partial charge in [0, 0.05) is 19.8 Å². The first kappa shape index (κ1) is 12.8. The minimum Gasteiger partial charge on any atom is -0.371 e. The van der Waals surface area contributed by atoms with Crippen molar-refractivity contribution in [3.63, 3.8) is 0 Å².